The zero-order chi connectivity index (χ0) is 17.3. The highest BCUT2D eigenvalue weighted by Gasteiger charge is 2.55. The number of amides is 1. The Morgan fingerprint density at radius 3 is 2.75 bits per heavy atom. The van der Waals surface area contributed by atoms with Crippen LogP contribution in [0.4, 0.5) is 8.78 Å². The normalized spacial score (nSPS) is 25.8. The molecule has 4 nitrogen and oxygen atoms in total. The van der Waals surface area contributed by atoms with Gasteiger partial charge < -0.3 is 10.0 Å². The minimum Gasteiger partial charge on any atom is -0.481 e. The van der Waals surface area contributed by atoms with Crippen molar-refractivity contribution in [1.82, 2.24) is 4.90 Å². The van der Waals surface area contributed by atoms with E-state index in [9.17, 15) is 23.5 Å². The lowest BCUT2D eigenvalue weighted by Crippen LogP contribution is -2.37. The molecule has 1 aromatic rings. The van der Waals surface area contributed by atoms with Gasteiger partial charge in [0.25, 0.3) is 0 Å². The van der Waals surface area contributed by atoms with E-state index in [-0.39, 0.29) is 11.8 Å². The van der Waals surface area contributed by atoms with Crippen molar-refractivity contribution in [3.63, 3.8) is 0 Å². The third-order valence-electron chi connectivity index (χ3n) is 5.49. The topological polar surface area (TPSA) is 57.6 Å². The highest BCUT2D eigenvalue weighted by Crippen LogP contribution is 2.49. The van der Waals surface area contributed by atoms with Crippen molar-refractivity contribution < 1.29 is 23.5 Å². The molecule has 0 bridgehead atoms. The molecule has 1 amide bonds. The minimum absolute atomic E-state index is 0.0485. The molecule has 1 N–H and O–H groups in total. The van der Waals surface area contributed by atoms with Gasteiger partial charge in [-0.2, -0.15) is 0 Å². The SMILES string of the molecule is O=C(CCCc1ccc(F)c(F)c1)N1C[C@@H]2CCC[C@@]2(C(=O)O)C1. The summed E-state index contributed by atoms with van der Waals surface area (Å²) in [7, 11) is 0. The minimum atomic E-state index is -0.880. The van der Waals surface area contributed by atoms with E-state index >= 15 is 0 Å². The number of hydrogen-bond donors (Lipinski definition) is 1. The van der Waals surface area contributed by atoms with Crippen LogP contribution >= 0.6 is 0 Å². The van der Waals surface area contributed by atoms with E-state index in [1.54, 1.807) is 4.90 Å². The van der Waals surface area contributed by atoms with Gasteiger partial charge in [0.2, 0.25) is 5.91 Å². The van der Waals surface area contributed by atoms with Gasteiger partial charge >= 0.3 is 5.97 Å². The molecule has 1 aliphatic heterocycles. The molecule has 1 saturated carbocycles. The highest BCUT2D eigenvalue weighted by atomic mass is 19.2. The summed E-state index contributed by atoms with van der Waals surface area (Å²) in [6.45, 7) is 0.827. The summed E-state index contributed by atoms with van der Waals surface area (Å²) >= 11 is 0. The van der Waals surface area contributed by atoms with Gasteiger partial charge in [0, 0.05) is 19.5 Å². The Hall–Kier alpha value is -1.98. The lowest BCUT2D eigenvalue weighted by molar-refractivity contribution is -0.149. The molecule has 0 spiro atoms. The largest absolute Gasteiger partial charge is 0.481 e. The number of aryl methyl sites for hydroxylation is 1. The van der Waals surface area contributed by atoms with Crippen LogP contribution in [0.25, 0.3) is 0 Å². The van der Waals surface area contributed by atoms with Crippen LogP contribution in [0.5, 0.6) is 0 Å². The highest BCUT2D eigenvalue weighted by molar-refractivity contribution is 5.81. The molecule has 3 rings (SSSR count). The number of fused-ring (bicyclic) bond motifs is 1. The Labute approximate surface area is 139 Å². The Morgan fingerprint density at radius 1 is 1.29 bits per heavy atom. The van der Waals surface area contributed by atoms with Gasteiger partial charge in [0.05, 0.1) is 5.41 Å². The van der Waals surface area contributed by atoms with Crippen molar-refractivity contribution in [1.29, 1.82) is 0 Å². The Kier molecular flexibility index (Phi) is 4.56. The first-order valence-electron chi connectivity index (χ1n) is 8.37. The average molecular weight is 337 g/mol. The first-order chi connectivity index (χ1) is 11.4. The van der Waals surface area contributed by atoms with Crippen molar-refractivity contribution in [2.24, 2.45) is 11.3 Å². The molecule has 6 heteroatoms. The summed E-state index contributed by atoms with van der Waals surface area (Å²) in [5, 5.41) is 9.54. The number of rotatable bonds is 5. The zero-order valence-corrected chi connectivity index (χ0v) is 13.4. The van der Waals surface area contributed by atoms with Crippen LogP contribution in [0.2, 0.25) is 0 Å². The van der Waals surface area contributed by atoms with Gasteiger partial charge in [0.15, 0.2) is 11.6 Å². The molecule has 130 valence electrons. The molecular formula is C18H21F2NO3. The molecule has 1 heterocycles. The van der Waals surface area contributed by atoms with Crippen molar-refractivity contribution in [2.45, 2.75) is 38.5 Å². The van der Waals surface area contributed by atoms with E-state index < -0.39 is 23.0 Å². The van der Waals surface area contributed by atoms with Crippen LogP contribution in [0.1, 0.15) is 37.7 Å². The van der Waals surface area contributed by atoms with Gasteiger partial charge in [-0.15, -0.1) is 0 Å². The van der Waals surface area contributed by atoms with Crippen LogP contribution in [0, 0.1) is 23.0 Å². The Morgan fingerprint density at radius 2 is 2.08 bits per heavy atom. The summed E-state index contributed by atoms with van der Waals surface area (Å²) in [5.74, 6) is -2.54. The van der Waals surface area contributed by atoms with Gasteiger partial charge in [0.1, 0.15) is 0 Å². The molecule has 1 aliphatic carbocycles. The maximum absolute atomic E-state index is 13.2. The monoisotopic (exact) mass is 337 g/mol. The van der Waals surface area contributed by atoms with Crippen molar-refractivity contribution >= 4 is 11.9 Å². The molecule has 1 aromatic carbocycles. The van der Waals surface area contributed by atoms with Gasteiger partial charge in [-0.1, -0.05) is 12.5 Å². The van der Waals surface area contributed by atoms with Crippen LogP contribution in [-0.4, -0.2) is 35.0 Å². The number of benzene rings is 1. The van der Waals surface area contributed by atoms with E-state index in [2.05, 4.69) is 0 Å². The summed E-state index contributed by atoms with van der Waals surface area (Å²) < 4.78 is 26.0. The first kappa shape index (κ1) is 16.9. The van der Waals surface area contributed by atoms with Crippen molar-refractivity contribution in [3.8, 4) is 0 Å². The number of likely N-dealkylation sites (tertiary alicyclic amines) is 1. The third kappa shape index (κ3) is 3.01. The third-order valence-corrected chi connectivity index (χ3v) is 5.49. The molecule has 0 radical (unpaired) electrons. The summed E-state index contributed by atoms with van der Waals surface area (Å²) in [5.41, 5.74) is -0.0996. The van der Waals surface area contributed by atoms with Gasteiger partial charge in [-0.25, -0.2) is 8.78 Å². The molecule has 2 fully saturated rings. The second kappa shape index (κ2) is 6.49. The number of carbonyl (C=O) groups excluding carboxylic acids is 1. The average Bonchev–Trinajstić information content (AvgIpc) is 3.09. The molecule has 1 saturated heterocycles. The zero-order valence-electron chi connectivity index (χ0n) is 13.4. The summed E-state index contributed by atoms with van der Waals surface area (Å²) in [6.07, 6.45) is 3.74. The molecule has 2 atom stereocenters. The predicted molar refractivity (Wildman–Crippen MR) is 83.3 cm³/mol. The second-order valence-electron chi connectivity index (χ2n) is 6.93. The van der Waals surface area contributed by atoms with Crippen LogP contribution < -0.4 is 0 Å². The van der Waals surface area contributed by atoms with Gasteiger partial charge in [-0.05, 0) is 49.3 Å². The molecular weight excluding hydrogens is 316 g/mol. The molecule has 2 aliphatic rings. The fourth-order valence-corrected chi connectivity index (χ4v) is 4.13. The van der Waals surface area contributed by atoms with E-state index in [4.69, 9.17) is 0 Å². The van der Waals surface area contributed by atoms with Crippen molar-refractivity contribution in [3.05, 3.63) is 35.4 Å². The lowest BCUT2D eigenvalue weighted by Gasteiger charge is -2.23. The van der Waals surface area contributed by atoms with Crippen LogP contribution in [0.15, 0.2) is 18.2 Å². The standard InChI is InChI=1S/C18H21F2NO3/c19-14-7-6-12(9-15(14)20)3-1-5-16(22)21-10-13-4-2-8-18(13,11-21)17(23)24/h6-7,9,13H,1-5,8,10-11H2,(H,23,24)/t13-,18+/m0/s1. The number of aliphatic carboxylic acids is 1. The fourth-order valence-electron chi connectivity index (χ4n) is 4.13. The van der Waals surface area contributed by atoms with E-state index in [0.29, 0.717) is 44.3 Å². The Balaban J connectivity index is 1.53. The molecule has 0 aromatic heterocycles. The second-order valence-corrected chi connectivity index (χ2v) is 6.93. The van der Waals surface area contributed by atoms with E-state index in [0.717, 1.165) is 25.0 Å². The summed E-state index contributed by atoms with van der Waals surface area (Å²) in [6, 6.07) is 3.76. The summed E-state index contributed by atoms with van der Waals surface area (Å²) in [4.78, 5) is 25.6. The number of carboxylic acid groups (broad SMARTS) is 1. The maximum atomic E-state index is 13.2. The number of hydrogen-bond acceptors (Lipinski definition) is 2. The van der Waals surface area contributed by atoms with E-state index in [1.165, 1.54) is 6.07 Å². The van der Waals surface area contributed by atoms with Crippen LogP contribution in [0.3, 0.4) is 0 Å². The Bertz CT molecular complexity index is 664. The lowest BCUT2D eigenvalue weighted by atomic mass is 9.81. The number of carboxylic acids is 1. The molecule has 0 unspecified atom stereocenters. The fraction of sp³-hybridized carbons (Fsp3) is 0.556. The maximum Gasteiger partial charge on any atom is 0.311 e. The van der Waals surface area contributed by atoms with Gasteiger partial charge in [-0.3, -0.25) is 9.59 Å². The number of carbonyl (C=O) groups is 2. The quantitative estimate of drug-likeness (QED) is 0.899. The van der Waals surface area contributed by atoms with E-state index in [1.807, 2.05) is 0 Å². The smallest absolute Gasteiger partial charge is 0.311 e. The number of halogens is 2. The molecule has 24 heavy (non-hydrogen) atoms. The van der Waals surface area contributed by atoms with Crippen LogP contribution in [-0.2, 0) is 16.0 Å². The van der Waals surface area contributed by atoms with Crippen molar-refractivity contribution in [2.75, 3.05) is 13.1 Å². The number of nitrogens with zero attached hydrogens (tertiary/aromatic N) is 1. The first-order valence-corrected chi connectivity index (χ1v) is 8.37. The predicted octanol–water partition coefficient (Wildman–Crippen LogP) is 3.00.